The number of amides is 1. The van der Waals surface area contributed by atoms with E-state index in [0.29, 0.717) is 16.4 Å². The maximum absolute atomic E-state index is 12.8. The highest BCUT2D eigenvalue weighted by molar-refractivity contribution is 6.30. The zero-order chi connectivity index (χ0) is 21.3. The van der Waals surface area contributed by atoms with E-state index in [-0.39, 0.29) is 24.4 Å². The molecule has 0 unspecified atom stereocenters. The Bertz CT molecular complexity index is 1290. The summed E-state index contributed by atoms with van der Waals surface area (Å²) in [5, 5.41) is 8.96. The van der Waals surface area contributed by atoms with Crippen molar-refractivity contribution in [1.29, 1.82) is 0 Å². The first kappa shape index (κ1) is 19.9. The Balaban J connectivity index is 1.70. The lowest BCUT2D eigenvalue weighted by Gasteiger charge is -2.12. The Morgan fingerprint density at radius 2 is 1.83 bits per heavy atom. The summed E-state index contributed by atoms with van der Waals surface area (Å²) in [7, 11) is 0. The van der Waals surface area contributed by atoms with Gasteiger partial charge < -0.3 is 5.32 Å². The number of nitrogens with one attached hydrogen (secondary N) is 1. The number of anilines is 1. The van der Waals surface area contributed by atoms with Crippen LogP contribution in [0.15, 0.2) is 65.5 Å². The molecule has 0 spiro atoms. The molecule has 1 amide bonds. The summed E-state index contributed by atoms with van der Waals surface area (Å²) in [6.45, 7) is 4.07. The molecular formula is C23H21ClN4O2. The molecule has 0 saturated heterocycles. The van der Waals surface area contributed by atoms with Gasteiger partial charge in [0, 0.05) is 35.1 Å². The molecule has 2 aromatic carbocycles. The molecule has 4 aromatic rings. The van der Waals surface area contributed by atoms with Crippen molar-refractivity contribution in [2.45, 2.75) is 26.8 Å². The molecule has 152 valence electrons. The van der Waals surface area contributed by atoms with E-state index in [2.05, 4.69) is 10.4 Å². The molecule has 0 saturated carbocycles. The number of halogens is 1. The smallest absolute Gasteiger partial charge is 0.252 e. The second-order valence-electron chi connectivity index (χ2n) is 7.16. The van der Waals surface area contributed by atoms with E-state index in [1.54, 1.807) is 39.6 Å². The van der Waals surface area contributed by atoms with Crippen LogP contribution in [0.4, 0.5) is 5.69 Å². The summed E-state index contributed by atoms with van der Waals surface area (Å²) in [5.74, 6) is -0.194. The first-order valence-corrected chi connectivity index (χ1v) is 10.0. The van der Waals surface area contributed by atoms with Gasteiger partial charge in [-0.2, -0.15) is 5.10 Å². The predicted molar refractivity (Wildman–Crippen MR) is 120 cm³/mol. The third-order valence-electron chi connectivity index (χ3n) is 4.96. The molecule has 0 radical (unpaired) electrons. The van der Waals surface area contributed by atoms with Crippen LogP contribution in [0, 0.1) is 13.8 Å². The van der Waals surface area contributed by atoms with Gasteiger partial charge in [0.25, 0.3) is 5.56 Å². The fraction of sp³-hybridized carbons (Fsp3) is 0.174. The van der Waals surface area contributed by atoms with Crippen LogP contribution < -0.4 is 10.9 Å². The zero-order valence-corrected chi connectivity index (χ0v) is 17.5. The third-order valence-corrected chi connectivity index (χ3v) is 5.20. The number of aryl methyl sites for hydroxylation is 3. The summed E-state index contributed by atoms with van der Waals surface area (Å²) < 4.78 is 3.39. The highest BCUT2D eigenvalue weighted by atomic mass is 35.5. The van der Waals surface area contributed by atoms with Crippen molar-refractivity contribution in [3.63, 3.8) is 0 Å². The summed E-state index contributed by atoms with van der Waals surface area (Å²) in [5.41, 5.74) is 3.72. The maximum Gasteiger partial charge on any atom is 0.252 e. The van der Waals surface area contributed by atoms with Crippen LogP contribution in [0.3, 0.4) is 0 Å². The number of nitrogens with zero attached hydrogens (tertiary/aromatic N) is 3. The molecule has 0 fully saturated rings. The van der Waals surface area contributed by atoms with Gasteiger partial charge in [0.05, 0.1) is 11.4 Å². The SMILES string of the molecule is Cc1cc(=O)n(CCC(=O)Nc2cccc(Cl)c2)c2c1c(C)nn2-c1ccccc1. The lowest BCUT2D eigenvalue weighted by Crippen LogP contribution is -2.25. The topological polar surface area (TPSA) is 68.9 Å². The van der Waals surface area contributed by atoms with E-state index in [0.717, 1.165) is 22.3 Å². The van der Waals surface area contributed by atoms with E-state index < -0.39 is 0 Å². The Hall–Kier alpha value is -3.38. The summed E-state index contributed by atoms with van der Waals surface area (Å²) in [6.07, 6.45) is 0.142. The van der Waals surface area contributed by atoms with E-state index in [9.17, 15) is 9.59 Å². The number of aromatic nitrogens is 3. The minimum atomic E-state index is -0.194. The van der Waals surface area contributed by atoms with E-state index in [1.807, 2.05) is 44.2 Å². The quantitative estimate of drug-likeness (QED) is 0.517. The molecule has 0 atom stereocenters. The number of carbonyl (C=O) groups is 1. The van der Waals surface area contributed by atoms with Crippen LogP contribution in [0.5, 0.6) is 0 Å². The lowest BCUT2D eigenvalue weighted by molar-refractivity contribution is -0.116. The monoisotopic (exact) mass is 420 g/mol. The first-order valence-electron chi connectivity index (χ1n) is 9.64. The van der Waals surface area contributed by atoms with E-state index in [4.69, 9.17) is 11.6 Å². The number of pyridine rings is 1. The highest BCUT2D eigenvalue weighted by Crippen LogP contribution is 2.24. The number of rotatable bonds is 5. The molecule has 0 aliphatic rings. The number of hydrogen-bond donors (Lipinski definition) is 1. The first-order chi connectivity index (χ1) is 14.4. The van der Waals surface area contributed by atoms with Crippen molar-refractivity contribution in [2.24, 2.45) is 0 Å². The summed E-state index contributed by atoms with van der Waals surface area (Å²) >= 11 is 5.97. The van der Waals surface area contributed by atoms with Gasteiger partial charge in [-0.25, -0.2) is 4.68 Å². The molecule has 1 N–H and O–H groups in total. The minimum absolute atomic E-state index is 0.142. The van der Waals surface area contributed by atoms with Crippen molar-refractivity contribution in [3.8, 4) is 5.69 Å². The van der Waals surface area contributed by atoms with E-state index >= 15 is 0 Å². The molecule has 0 aliphatic heterocycles. The van der Waals surface area contributed by atoms with Crippen LogP contribution in [0.1, 0.15) is 17.7 Å². The Morgan fingerprint density at radius 3 is 2.57 bits per heavy atom. The van der Waals surface area contributed by atoms with E-state index in [1.165, 1.54) is 0 Å². The fourth-order valence-corrected chi connectivity index (χ4v) is 3.82. The summed E-state index contributed by atoms with van der Waals surface area (Å²) in [6, 6.07) is 18.2. The molecule has 0 bridgehead atoms. The normalized spacial score (nSPS) is 11.0. The number of hydrogen-bond acceptors (Lipinski definition) is 3. The molecule has 2 heterocycles. The zero-order valence-electron chi connectivity index (χ0n) is 16.7. The van der Waals surface area contributed by atoms with Crippen LogP contribution >= 0.6 is 11.6 Å². The Kier molecular flexibility index (Phi) is 5.42. The van der Waals surface area contributed by atoms with Gasteiger partial charge in [0.1, 0.15) is 5.65 Å². The second-order valence-corrected chi connectivity index (χ2v) is 7.59. The number of fused-ring (bicyclic) bond motifs is 1. The molecular weight excluding hydrogens is 400 g/mol. The third kappa shape index (κ3) is 3.86. The molecule has 2 aromatic heterocycles. The van der Waals surface area contributed by atoms with Gasteiger partial charge in [-0.1, -0.05) is 35.9 Å². The summed E-state index contributed by atoms with van der Waals surface area (Å²) in [4.78, 5) is 25.3. The second kappa shape index (κ2) is 8.16. The number of para-hydroxylation sites is 1. The maximum atomic E-state index is 12.8. The Morgan fingerprint density at radius 1 is 1.07 bits per heavy atom. The largest absolute Gasteiger partial charge is 0.326 e. The van der Waals surface area contributed by atoms with Crippen LogP contribution in [-0.2, 0) is 11.3 Å². The molecule has 30 heavy (non-hydrogen) atoms. The van der Waals surface area contributed by atoms with Crippen molar-refractivity contribution in [2.75, 3.05) is 5.32 Å². The van der Waals surface area contributed by atoms with Gasteiger partial charge in [-0.3, -0.25) is 14.2 Å². The van der Waals surface area contributed by atoms with Gasteiger partial charge >= 0.3 is 0 Å². The van der Waals surface area contributed by atoms with Gasteiger partial charge in [-0.15, -0.1) is 0 Å². The van der Waals surface area contributed by atoms with Gasteiger partial charge in [-0.05, 0) is 49.7 Å². The Labute approximate surface area is 178 Å². The van der Waals surface area contributed by atoms with Crippen molar-refractivity contribution < 1.29 is 4.79 Å². The molecule has 0 aliphatic carbocycles. The van der Waals surface area contributed by atoms with Gasteiger partial charge in [0.2, 0.25) is 5.91 Å². The molecule has 4 rings (SSSR count). The highest BCUT2D eigenvalue weighted by Gasteiger charge is 2.17. The number of benzene rings is 2. The van der Waals surface area contributed by atoms with Crippen LogP contribution in [-0.4, -0.2) is 20.3 Å². The van der Waals surface area contributed by atoms with Crippen LogP contribution in [0.2, 0.25) is 5.02 Å². The lowest BCUT2D eigenvalue weighted by atomic mass is 10.1. The minimum Gasteiger partial charge on any atom is -0.326 e. The van der Waals surface area contributed by atoms with Crippen molar-refractivity contribution >= 4 is 34.2 Å². The molecule has 6 nitrogen and oxygen atoms in total. The van der Waals surface area contributed by atoms with Crippen molar-refractivity contribution in [3.05, 3.63) is 87.3 Å². The van der Waals surface area contributed by atoms with Crippen LogP contribution in [0.25, 0.3) is 16.7 Å². The van der Waals surface area contributed by atoms with Crippen molar-refractivity contribution in [1.82, 2.24) is 14.3 Å². The standard InChI is InChI=1S/C23H21ClN4O2/c1-15-13-21(30)27(12-11-20(29)25-18-8-6-7-17(24)14-18)23-22(15)16(2)26-28(23)19-9-4-3-5-10-19/h3-10,13-14H,11-12H2,1-2H3,(H,25,29). The average molecular weight is 421 g/mol. The van der Waals surface area contributed by atoms with Gasteiger partial charge in [0.15, 0.2) is 0 Å². The molecule has 7 heteroatoms. The average Bonchev–Trinajstić information content (AvgIpc) is 3.06. The predicted octanol–water partition coefficient (Wildman–Crippen LogP) is 4.49. The fourth-order valence-electron chi connectivity index (χ4n) is 3.63. The number of carbonyl (C=O) groups excluding carboxylic acids is 1.